The van der Waals surface area contributed by atoms with E-state index in [9.17, 15) is 22.4 Å². The number of hydrogen-bond acceptors (Lipinski definition) is 1. The van der Waals surface area contributed by atoms with Gasteiger partial charge in [-0.2, -0.15) is 0 Å². The van der Waals surface area contributed by atoms with Crippen LogP contribution in [0.15, 0.2) is 6.07 Å². The maximum absolute atomic E-state index is 12.8. The van der Waals surface area contributed by atoms with Gasteiger partial charge in [-0.05, 0) is 0 Å². The lowest BCUT2D eigenvalue weighted by Crippen LogP contribution is -2.11. The van der Waals surface area contributed by atoms with Crippen molar-refractivity contribution in [1.82, 2.24) is 0 Å². The molecule has 0 atom stereocenters. The van der Waals surface area contributed by atoms with Crippen LogP contribution in [0.2, 0.25) is 0 Å². The van der Waals surface area contributed by atoms with Crippen molar-refractivity contribution in [3.05, 3.63) is 29.3 Å². The van der Waals surface area contributed by atoms with E-state index in [1.165, 1.54) is 0 Å². The molecule has 0 aliphatic rings. The number of hydrogen-bond donors (Lipinski definition) is 1. The van der Waals surface area contributed by atoms with E-state index < -0.39 is 34.9 Å². The molecule has 6 heteroatoms. The highest BCUT2D eigenvalue weighted by Crippen LogP contribution is 2.23. The Morgan fingerprint density at radius 1 is 1.14 bits per heavy atom. The lowest BCUT2D eigenvalue weighted by atomic mass is 10.2. The highest BCUT2D eigenvalue weighted by molar-refractivity contribution is 5.88. The van der Waals surface area contributed by atoms with E-state index in [0.717, 1.165) is 6.92 Å². The molecule has 1 amide bonds. The van der Waals surface area contributed by atoms with Crippen molar-refractivity contribution in [2.45, 2.75) is 6.92 Å². The van der Waals surface area contributed by atoms with Crippen molar-refractivity contribution in [2.24, 2.45) is 0 Å². The minimum atomic E-state index is -1.63. The lowest BCUT2D eigenvalue weighted by Gasteiger charge is -2.06. The molecule has 0 aromatic heterocycles. The maximum Gasteiger partial charge on any atom is 0.221 e. The number of halogens is 4. The zero-order valence-electron chi connectivity index (χ0n) is 7.00. The van der Waals surface area contributed by atoms with Gasteiger partial charge in [0, 0.05) is 13.0 Å². The quantitative estimate of drug-likeness (QED) is 0.555. The molecule has 0 heterocycles. The van der Waals surface area contributed by atoms with Gasteiger partial charge in [0.1, 0.15) is 5.69 Å². The lowest BCUT2D eigenvalue weighted by molar-refractivity contribution is -0.114. The fraction of sp³-hybridized carbons (Fsp3) is 0.125. The van der Waals surface area contributed by atoms with Gasteiger partial charge >= 0.3 is 0 Å². The van der Waals surface area contributed by atoms with E-state index in [2.05, 4.69) is 0 Å². The Kier molecular flexibility index (Phi) is 2.73. The maximum atomic E-state index is 12.8. The number of rotatable bonds is 1. The molecule has 14 heavy (non-hydrogen) atoms. The molecule has 1 N–H and O–H groups in total. The van der Waals surface area contributed by atoms with Crippen LogP contribution in [0, 0.1) is 23.3 Å². The highest BCUT2D eigenvalue weighted by atomic mass is 19.2. The van der Waals surface area contributed by atoms with Gasteiger partial charge in [-0.1, -0.05) is 0 Å². The summed E-state index contributed by atoms with van der Waals surface area (Å²) in [5.41, 5.74) is -1.12. The van der Waals surface area contributed by atoms with Gasteiger partial charge in [-0.3, -0.25) is 4.79 Å². The first-order chi connectivity index (χ1) is 6.43. The van der Waals surface area contributed by atoms with E-state index in [-0.39, 0.29) is 6.07 Å². The molecule has 1 rings (SSSR count). The third-order valence-corrected chi connectivity index (χ3v) is 1.41. The average molecular weight is 207 g/mol. The first kappa shape index (κ1) is 10.5. The van der Waals surface area contributed by atoms with Gasteiger partial charge < -0.3 is 5.32 Å². The summed E-state index contributed by atoms with van der Waals surface area (Å²) in [7, 11) is 0. The fourth-order valence-electron chi connectivity index (χ4n) is 0.859. The second-order valence-corrected chi connectivity index (χ2v) is 2.52. The largest absolute Gasteiger partial charge is 0.321 e. The second kappa shape index (κ2) is 3.65. The Balaban J connectivity index is 3.31. The van der Waals surface area contributed by atoms with Gasteiger partial charge in [-0.15, -0.1) is 0 Å². The number of benzene rings is 1. The minimum absolute atomic E-state index is 0.0655. The number of carbonyl (C=O) groups is 1. The summed E-state index contributed by atoms with van der Waals surface area (Å²) >= 11 is 0. The molecule has 0 saturated carbocycles. The normalized spacial score (nSPS) is 10.1. The van der Waals surface area contributed by atoms with Crippen LogP contribution >= 0.6 is 0 Å². The average Bonchev–Trinajstić information content (AvgIpc) is 2.09. The van der Waals surface area contributed by atoms with Crippen LogP contribution in [0.25, 0.3) is 0 Å². The molecule has 0 aliphatic carbocycles. The molecule has 0 unspecified atom stereocenters. The molecule has 0 saturated heterocycles. The van der Waals surface area contributed by atoms with Crippen molar-refractivity contribution in [1.29, 1.82) is 0 Å². The Bertz CT molecular complexity index is 365. The van der Waals surface area contributed by atoms with Crippen LogP contribution < -0.4 is 5.32 Å². The smallest absolute Gasteiger partial charge is 0.221 e. The Hall–Kier alpha value is -1.59. The van der Waals surface area contributed by atoms with Crippen LogP contribution in [0.1, 0.15) is 6.92 Å². The fourth-order valence-corrected chi connectivity index (χ4v) is 0.859. The zero-order valence-corrected chi connectivity index (χ0v) is 7.00. The minimum Gasteiger partial charge on any atom is -0.321 e. The van der Waals surface area contributed by atoms with Crippen LogP contribution in [-0.2, 0) is 4.79 Å². The Morgan fingerprint density at radius 2 is 1.57 bits per heavy atom. The van der Waals surface area contributed by atoms with Crippen LogP contribution in [0.4, 0.5) is 23.2 Å². The molecule has 1 aromatic rings. The second-order valence-electron chi connectivity index (χ2n) is 2.52. The molecule has 0 radical (unpaired) electrons. The monoisotopic (exact) mass is 207 g/mol. The molecule has 0 aliphatic heterocycles. The molecule has 76 valence electrons. The van der Waals surface area contributed by atoms with Crippen LogP contribution in [0.5, 0.6) is 0 Å². The summed E-state index contributed by atoms with van der Waals surface area (Å²) in [6.45, 7) is 0.960. The van der Waals surface area contributed by atoms with Crippen molar-refractivity contribution in [2.75, 3.05) is 5.32 Å². The van der Waals surface area contributed by atoms with Gasteiger partial charge in [0.15, 0.2) is 23.3 Å². The molecule has 0 bridgehead atoms. The highest BCUT2D eigenvalue weighted by Gasteiger charge is 2.19. The van der Waals surface area contributed by atoms with Crippen molar-refractivity contribution in [3.63, 3.8) is 0 Å². The third kappa shape index (κ3) is 1.84. The molecule has 2 nitrogen and oxygen atoms in total. The van der Waals surface area contributed by atoms with Gasteiger partial charge in [-0.25, -0.2) is 17.6 Å². The van der Waals surface area contributed by atoms with E-state index in [1.807, 2.05) is 0 Å². The molecular weight excluding hydrogens is 202 g/mol. The summed E-state index contributed by atoms with van der Waals surface area (Å²) in [6.07, 6.45) is 0. The van der Waals surface area contributed by atoms with Gasteiger partial charge in [0.2, 0.25) is 5.91 Å². The number of carbonyl (C=O) groups excluding carboxylic acids is 1. The number of anilines is 1. The van der Waals surface area contributed by atoms with Crippen LogP contribution in [-0.4, -0.2) is 5.91 Å². The Labute approximate surface area is 76.5 Å². The number of nitrogens with one attached hydrogen (secondary N) is 1. The predicted octanol–water partition coefficient (Wildman–Crippen LogP) is 2.20. The molecule has 0 spiro atoms. The van der Waals surface area contributed by atoms with E-state index in [1.54, 1.807) is 5.32 Å². The molecule has 1 aromatic carbocycles. The van der Waals surface area contributed by atoms with E-state index in [0.29, 0.717) is 0 Å². The number of amides is 1. The van der Waals surface area contributed by atoms with Crippen molar-refractivity contribution in [3.8, 4) is 0 Å². The third-order valence-electron chi connectivity index (χ3n) is 1.41. The SMILES string of the molecule is CC(=O)Nc1c(F)c(F)cc(F)c1F. The summed E-state index contributed by atoms with van der Waals surface area (Å²) in [6, 6.07) is 0.0655. The van der Waals surface area contributed by atoms with Crippen LogP contribution in [0.3, 0.4) is 0 Å². The summed E-state index contributed by atoms with van der Waals surface area (Å²) < 4.78 is 50.7. The van der Waals surface area contributed by atoms with Gasteiger partial charge in [0.05, 0.1) is 0 Å². The molecule has 0 fully saturated rings. The summed E-state index contributed by atoms with van der Waals surface area (Å²) in [4.78, 5) is 10.5. The van der Waals surface area contributed by atoms with E-state index in [4.69, 9.17) is 0 Å². The standard InChI is InChI=1S/C8H5F4NO/c1-3(14)13-8-6(11)4(9)2-5(10)7(8)12/h2H,1H3,(H,13,14). The van der Waals surface area contributed by atoms with Crippen molar-refractivity contribution >= 4 is 11.6 Å². The Morgan fingerprint density at radius 3 is 1.93 bits per heavy atom. The molecular formula is C8H5F4NO. The summed E-state index contributed by atoms with van der Waals surface area (Å²) in [5, 5.41) is 1.65. The van der Waals surface area contributed by atoms with E-state index >= 15 is 0 Å². The topological polar surface area (TPSA) is 29.1 Å². The summed E-state index contributed by atoms with van der Waals surface area (Å²) in [5.74, 6) is -7.20. The first-order valence-corrected chi connectivity index (χ1v) is 3.54. The predicted molar refractivity (Wildman–Crippen MR) is 40.6 cm³/mol. The van der Waals surface area contributed by atoms with Crippen molar-refractivity contribution < 1.29 is 22.4 Å². The van der Waals surface area contributed by atoms with Gasteiger partial charge in [0.25, 0.3) is 0 Å². The zero-order chi connectivity index (χ0) is 10.9. The first-order valence-electron chi connectivity index (χ1n) is 3.54.